The normalized spacial score (nSPS) is 11.8. The summed E-state index contributed by atoms with van der Waals surface area (Å²) in [6.07, 6.45) is 4.59. The minimum absolute atomic E-state index is 0.108. The van der Waals surface area contributed by atoms with Gasteiger partial charge in [0.15, 0.2) is 5.16 Å². The molecule has 0 fully saturated rings. The molecule has 166 valence electrons. The van der Waals surface area contributed by atoms with E-state index >= 15 is 0 Å². The number of amides is 1. The fourth-order valence-electron chi connectivity index (χ4n) is 3.18. The monoisotopic (exact) mass is 529 g/mol. The van der Waals surface area contributed by atoms with Crippen LogP contribution in [0.5, 0.6) is 0 Å². The lowest BCUT2D eigenvalue weighted by Gasteiger charge is -2.15. The Balaban J connectivity index is 1.72. The molecule has 0 aliphatic heterocycles. The first-order valence-electron chi connectivity index (χ1n) is 9.93. The van der Waals surface area contributed by atoms with Gasteiger partial charge in [-0.25, -0.2) is 4.98 Å². The zero-order chi connectivity index (χ0) is 23.1. The second-order valence-corrected chi connectivity index (χ2v) is 9.84. The molecule has 0 aliphatic rings. The average molecular weight is 531 g/mol. The van der Waals surface area contributed by atoms with Gasteiger partial charge in [-0.05, 0) is 52.1 Å². The Kier molecular flexibility index (Phi) is 8.82. The lowest BCUT2D eigenvalue weighted by atomic mass is 10.0. The summed E-state index contributed by atoms with van der Waals surface area (Å²) in [6.45, 7) is 4.36. The molecule has 0 saturated carbocycles. The van der Waals surface area contributed by atoms with Gasteiger partial charge in [-0.3, -0.25) is 9.36 Å². The predicted octanol–water partition coefficient (Wildman–Crippen LogP) is 4.50. The van der Waals surface area contributed by atoms with Crippen LogP contribution in [0.3, 0.4) is 0 Å². The standard InChI is InChI=1S/C23H24BrN5OS2/c1-15(19(26)9-10-31-2)12-27-22(30)14-32-23-28-13-21(24)29(23)20-8-7-16(11-25)17-5-3-4-6-18(17)20/h3-8,13,19H,1,9-10,12,14,26H2,2H3,(H,27,30)/t19-/m0/s1. The number of carbonyl (C=O) groups is 1. The largest absolute Gasteiger partial charge is 0.352 e. The SMILES string of the molecule is C=C(CNC(=O)CSc1ncc(Br)n1-c1ccc(C#N)c2ccccc12)[C@@H](N)CCSC. The highest BCUT2D eigenvalue weighted by molar-refractivity contribution is 9.10. The fraction of sp³-hybridized carbons (Fsp3) is 0.261. The predicted molar refractivity (Wildman–Crippen MR) is 137 cm³/mol. The zero-order valence-electron chi connectivity index (χ0n) is 17.7. The number of nitrogens with two attached hydrogens (primary N) is 1. The number of hydrogen-bond acceptors (Lipinski definition) is 6. The number of hydrogen-bond donors (Lipinski definition) is 2. The highest BCUT2D eigenvalue weighted by atomic mass is 79.9. The van der Waals surface area contributed by atoms with Crippen LogP contribution >= 0.6 is 39.5 Å². The number of thioether (sulfide) groups is 2. The number of nitrogens with one attached hydrogen (secondary N) is 1. The minimum Gasteiger partial charge on any atom is -0.352 e. The number of rotatable bonds is 10. The number of nitriles is 1. The van der Waals surface area contributed by atoms with Crippen LogP contribution in [0.25, 0.3) is 16.5 Å². The van der Waals surface area contributed by atoms with E-state index in [1.54, 1.807) is 24.0 Å². The Hall–Kier alpha value is -2.25. The molecule has 1 heterocycles. The van der Waals surface area contributed by atoms with Crippen LogP contribution in [0.4, 0.5) is 0 Å². The van der Waals surface area contributed by atoms with Gasteiger partial charge in [-0.1, -0.05) is 42.6 Å². The number of aromatic nitrogens is 2. The number of nitrogens with zero attached hydrogens (tertiary/aromatic N) is 3. The van der Waals surface area contributed by atoms with Crippen LogP contribution in [0.15, 0.2) is 64.5 Å². The van der Waals surface area contributed by atoms with Gasteiger partial charge in [0.2, 0.25) is 5.91 Å². The van der Waals surface area contributed by atoms with Crippen molar-refractivity contribution in [1.82, 2.24) is 14.9 Å². The molecule has 3 aromatic rings. The molecule has 2 aromatic carbocycles. The summed E-state index contributed by atoms with van der Waals surface area (Å²) >= 11 is 6.65. The third kappa shape index (κ3) is 5.75. The Bertz CT molecular complexity index is 1170. The molecule has 1 aromatic heterocycles. The van der Waals surface area contributed by atoms with Crippen molar-refractivity contribution < 1.29 is 4.79 Å². The number of halogens is 1. The second-order valence-electron chi connectivity index (χ2n) is 7.10. The van der Waals surface area contributed by atoms with Gasteiger partial charge in [-0.15, -0.1) is 0 Å². The van der Waals surface area contributed by atoms with Crippen molar-refractivity contribution >= 4 is 56.1 Å². The highest BCUT2D eigenvalue weighted by Gasteiger charge is 2.16. The highest BCUT2D eigenvalue weighted by Crippen LogP contribution is 2.32. The molecule has 0 bridgehead atoms. The van der Waals surface area contributed by atoms with Crippen molar-refractivity contribution in [2.24, 2.45) is 5.73 Å². The quantitative estimate of drug-likeness (QED) is 0.296. The maximum absolute atomic E-state index is 12.4. The molecule has 0 radical (unpaired) electrons. The van der Waals surface area contributed by atoms with Gasteiger partial charge in [0, 0.05) is 23.4 Å². The molecule has 0 unspecified atom stereocenters. The third-order valence-electron chi connectivity index (χ3n) is 4.95. The van der Waals surface area contributed by atoms with Crippen LogP contribution in [-0.2, 0) is 4.79 Å². The molecule has 0 aliphatic carbocycles. The van der Waals surface area contributed by atoms with E-state index in [1.165, 1.54) is 11.8 Å². The summed E-state index contributed by atoms with van der Waals surface area (Å²) in [5, 5.41) is 14.8. The first kappa shape index (κ1) is 24.4. The van der Waals surface area contributed by atoms with E-state index in [9.17, 15) is 10.1 Å². The van der Waals surface area contributed by atoms with Crippen LogP contribution < -0.4 is 11.1 Å². The van der Waals surface area contributed by atoms with E-state index in [0.29, 0.717) is 17.3 Å². The van der Waals surface area contributed by atoms with E-state index in [4.69, 9.17) is 5.73 Å². The van der Waals surface area contributed by atoms with Crippen molar-refractivity contribution in [3.05, 3.63) is 64.9 Å². The van der Waals surface area contributed by atoms with E-state index in [1.807, 2.05) is 41.2 Å². The zero-order valence-corrected chi connectivity index (χ0v) is 20.9. The fourth-order valence-corrected chi connectivity index (χ4v) is 5.07. The molecule has 6 nitrogen and oxygen atoms in total. The molecule has 1 atom stereocenters. The summed E-state index contributed by atoms with van der Waals surface area (Å²) in [7, 11) is 0. The average Bonchev–Trinajstić information content (AvgIpc) is 3.18. The van der Waals surface area contributed by atoms with Gasteiger partial charge in [-0.2, -0.15) is 17.0 Å². The first-order chi connectivity index (χ1) is 15.5. The van der Waals surface area contributed by atoms with Crippen molar-refractivity contribution in [2.45, 2.75) is 17.6 Å². The van der Waals surface area contributed by atoms with E-state index in [0.717, 1.165) is 38.8 Å². The van der Waals surface area contributed by atoms with E-state index in [2.05, 4.69) is 38.9 Å². The molecule has 1 amide bonds. The van der Waals surface area contributed by atoms with Crippen LogP contribution in [0.2, 0.25) is 0 Å². The van der Waals surface area contributed by atoms with Crippen molar-refractivity contribution in [3.63, 3.8) is 0 Å². The maximum atomic E-state index is 12.4. The Morgan fingerprint density at radius 1 is 1.34 bits per heavy atom. The summed E-state index contributed by atoms with van der Waals surface area (Å²) in [5.74, 6) is 1.07. The number of fused-ring (bicyclic) bond motifs is 1. The van der Waals surface area contributed by atoms with Crippen LogP contribution in [-0.4, -0.2) is 45.8 Å². The molecule has 3 rings (SSSR count). The topological polar surface area (TPSA) is 96.7 Å². The summed E-state index contributed by atoms with van der Waals surface area (Å²) in [5.41, 5.74) is 8.43. The molecular weight excluding hydrogens is 506 g/mol. The van der Waals surface area contributed by atoms with Gasteiger partial charge in [0.1, 0.15) is 4.60 Å². The van der Waals surface area contributed by atoms with Crippen molar-refractivity contribution in [2.75, 3.05) is 24.3 Å². The Morgan fingerprint density at radius 3 is 2.81 bits per heavy atom. The van der Waals surface area contributed by atoms with Gasteiger partial charge >= 0.3 is 0 Å². The van der Waals surface area contributed by atoms with Crippen molar-refractivity contribution in [1.29, 1.82) is 5.26 Å². The van der Waals surface area contributed by atoms with Crippen LogP contribution in [0, 0.1) is 11.3 Å². The van der Waals surface area contributed by atoms with Gasteiger partial charge < -0.3 is 11.1 Å². The number of imidazole rings is 1. The molecule has 9 heteroatoms. The van der Waals surface area contributed by atoms with E-state index in [-0.39, 0.29) is 17.7 Å². The number of carbonyl (C=O) groups excluding carboxylic acids is 1. The summed E-state index contributed by atoms with van der Waals surface area (Å²) in [6, 6.07) is 13.6. The Morgan fingerprint density at radius 2 is 2.09 bits per heavy atom. The van der Waals surface area contributed by atoms with E-state index < -0.39 is 0 Å². The second kappa shape index (κ2) is 11.6. The summed E-state index contributed by atoms with van der Waals surface area (Å²) < 4.78 is 2.71. The van der Waals surface area contributed by atoms with Crippen LogP contribution in [0.1, 0.15) is 12.0 Å². The molecule has 0 saturated heterocycles. The summed E-state index contributed by atoms with van der Waals surface area (Å²) in [4.78, 5) is 16.9. The molecule has 32 heavy (non-hydrogen) atoms. The van der Waals surface area contributed by atoms with Gasteiger partial charge in [0.25, 0.3) is 0 Å². The maximum Gasteiger partial charge on any atom is 0.230 e. The third-order valence-corrected chi connectivity index (χ3v) is 7.11. The number of benzene rings is 2. The van der Waals surface area contributed by atoms with Gasteiger partial charge in [0.05, 0.1) is 29.3 Å². The Labute approximate surface area is 204 Å². The lowest BCUT2D eigenvalue weighted by molar-refractivity contribution is -0.118. The molecule has 0 spiro atoms. The molecular formula is C23H24BrN5OS2. The lowest BCUT2D eigenvalue weighted by Crippen LogP contribution is -2.33. The smallest absolute Gasteiger partial charge is 0.230 e. The van der Waals surface area contributed by atoms with Crippen molar-refractivity contribution in [3.8, 4) is 11.8 Å². The minimum atomic E-state index is -0.116. The molecule has 3 N–H and O–H groups in total. The first-order valence-corrected chi connectivity index (χ1v) is 13.1.